The number of rotatable bonds is 5. The summed E-state index contributed by atoms with van der Waals surface area (Å²) in [6, 6.07) is 11.7. The number of hydrogen-bond donors (Lipinski definition) is 4. The van der Waals surface area contributed by atoms with Crippen molar-refractivity contribution in [1.29, 1.82) is 0 Å². The second-order valence-corrected chi connectivity index (χ2v) is 4.65. The van der Waals surface area contributed by atoms with E-state index < -0.39 is 17.8 Å². The molecule has 2 aromatic carbocycles. The number of amides is 2. The minimum atomic E-state index is -1.06. The Hall–Kier alpha value is -3.52. The Morgan fingerprint density at radius 3 is 2.21 bits per heavy atom. The Morgan fingerprint density at radius 1 is 0.917 bits per heavy atom. The van der Waals surface area contributed by atoms with Crippen molar-refractivity contribution in [2.45, 2.75) is 0 Å². The van der Waals surface area contributed by atoms with Gasteiger partial charge in [-0.3, -0.25) is 14.8 Å². The van der Waals surface area contributed by atoms with Gasteiger partial charge in [0.05, 0.1) is 11.8 Å². The zero-order valence-electron chi connectivity index (χ0n) is 12.3. The molecule has 2 amide bonds. The minimum absolute atomic E-state index is 0.105. The van der Waals surface area contributed by atoms with Crippen molar-refractivity contribution in [3.8, 4) is 0 Å². The monoisotopic (exact) mass is 327 g/mol. The number of nitrogens with one attached hydrogen (secondary N) is 2. The number of hydrazone groups is 1. The average molecular weight is 327 g/mol. The van der Waals surface area contributed by atoms with Gasteiger partial charge >= 0.3 is 5.97 Å². The summed E-state index contributed by atoms with van der Waals surface area (Å²) in [6.45, 7) is 0. The van der Waals surface area contributed by atoms with Crippen LogP contribution in [0.4, 0.5) is 0 Å². The van der Waals surface area contributed by atoms with Crippen molar-refractivity contribution in [2.75, 3.05) is 0 Å². The Labute approximate surface area is 136 Å². The van der Waals surface area contributed by atoms with Gasteiger partial charge in [0.25, 0.3) is 11.8 Å². The molecule has 0 radical (unpaired) electrons. The van der Waals surface area contributed by atoms with Crippen molar-refractivity contribution in [2.24, 2.45) is 5.10 Å². The van der Waals surface area contributed by atoms with E-state index >= 15 is 0 Å². The molecule has 0 aliphatic heterocycles. The normalized spacial score (nSPS) is 10.4. The first-order valence-corrected chi connectivity index (χ1v) is 6.72. The summed E-state index contributed by atoms with van der Waals surface area (Å²) in [6.07, 6.45) is 1.30. The fourth-order valence-electron chi connectivity index (χ4n) is 1.85. The molecule has 0 saturated heterocycles. The molecule has 0 spiro atoms. The van der Waals surface area contributed by atoms with E-state index in [1.165, 1.54) is 48.1 Å². The summed E-state index contributed by atoms with van der Waals surface area (Å²) in [5.74, 6) is -2.36. The third-order valence-electron chi connectivity index (χ3n) is 3.00. The molecule has 0 saturated carbocycles. The Bertz CT molecular complexity index is 817. The quantitative estimate of drug-likeness (QED) is 0.373. The van der Waals surface area contributed by atoms with Crippen LogP contribution in [0.2, 0.25) is 0 Å². The number of carboxylic acid groups (broad SMARTS) is 1. The molecule has 4 N–H and O–H groups in total. The van der Waals surface area contributed by atoms with Gasteiger partial charge in [0.2, 0.25) is 0 Å². The molecule has 0 aromatic heterocycles. The van der Waals surface area contributed by atoms with E-state index in [0.717, 1.165) is 0 Å². The predicted octanol–water partition coefficient (Wildman–Crippen LogP) is 1.27. The highest BCUT2D eigenvalue weighted by Gasteiger charge is 2.09. The van der Waals surface area contributed by atoms with Gasteiger partial charge < -0.3 is 5.11 Å². The van der Waals surface area contributed by atoms with Crippen LogP contribution in [0.1, 0.15) is 36.6 Å². The highest BCUT2D eigenvalue weighted by atomic mass is 16.5. The van der Waals surface area contributed by atoms with Gasteiger partial charge in [-0.05, 0) is 35.9 Å². The fourth-order valence-corrected chi connectivity index (χ4v) is 1.85. The summed E-state index contributed by atoms with van der Waals surface area (Å²) in [5.41, 5.74) is 4.64. The van der Waals surface area contributed by atoms with E-state index in [0.29, 0.717) is 5.56 Å². The lowest BCUT2D eigenvalue weighted by atomic mass is 10.1. The highest BCUT2D eigenvalue weighted by Crippen LogP contribution is 2.06. The fraction of sp³-hybridized carbons (Fsp3) is 0. The zero-order valence-corrected chi connectivity index (χ0v) is 12.3. The van der Waals surface area contributed by atoms with Crippen LogP contribution in [0.3, 0.4) is 0 Å². The molecular formula is C16H13N3O5. The molecule has 0 unspecified atom stereocenters. The number of carbonyl (C=O) groups is 3. The molecule has 0 bridgehead atoms. The maximum absolute atomic E-state index is 12.0. The standard InChI is InChI=1S/C16H13N3O5/c20-14(11-4-2-5-12(8-11)15(21)19-24)18-17-9-10-3-1-6-13(7-10)16(22)23/h1-9,24H,(H,18,20)(H,19,21)(H,22,23)/b17-9+. The number of benzene rings is 2. The molecule has 0 fully saturated rings. The van der Waals surface area contributed by atoms with Gasteiger partial charge in [-0.15, -0.1) is 0 Å². The van der Waals surface area contributed by atoms with E-state index in [1.807, 2.05) is 0 Å². The van der Waals surface area contributed by atoms with Crippen LogP contribution >= 0.6 is 0 Å². The van der Waals surface area contributed by atoms with E-state index in [9.17, 15) is 14.4 Å². The molecule has 2 rings (SSSR count). The lowest BCUT2D eigenvalue weighted by Crippen LogP contribution is -2.21. The van der Waals surface area contributed by atoms with E-state index in [1.54, 1.807) is 12.1 Å². The molecule has 0 atom stereocenters. The maximum atomic E-state index is 12.0. The summed E-state index contributed by atoms with van der Waals surface area (Å²) in [7, 11) is 0. The van der Waals surface area contributed by atoms with Gasteiger partial charge in [0, 0.05) is 11.1 Å². The van der Waals surface area contributed by atoms with Crippen molar-refractivity contribution in [3.05, 3.63) is 70.8 Å². The van der Waals surface area contributed by atoms with Crippen molar-refractivity contribution < 1.29 is 24.7 Å². The third-order valence-corrected chi connectivity index (χ3v) is 3.00. The molecule has 0 heterocycles. The van der Waals surface area contributed by atoms with Crippen LogP contribution in [-0.2, 0) is 0 Å². The van der Waals surface area contributed by atoms with Crippen LogP contribution in [0.25, 0.3) is 0 Å². The van der Waals surface area contributed by atoms with Crippen molar-refractivity contribution in [3.63, 3.8) is 0 Å². The van der Waals surface area contributed by atoms with Crippen LogP contribution in [0, 0.1) is 0 Å². The van der Waals surface area contributed by atoms with Crippen LogP contribution in [-0.4, -0.2) is 34.3 Å². The largest absolute Gasteiger partial charge is 0.478 e. The summed E-state index contributed by atoms with van der Waals surface area (Å²) in [4.78, 5) is 34.1. The maximum Gasteiger partial charge on any atom is 0.335 e. The van der Waals surface area contributed by atoms with E-state index in [2.05, 4.69) is 10.5 Å². The SMILES string of the molecule is O=C(O)c1cccc(/C=N/NC(=O)c2cccc(C(=O)NO)c2)c1. The second kappa shape index (κ2) is 7.65. The number of aromatic carboxylic acids is 1. The zero-order chi connectivity index (χ0) is 17.5. The summed E-state index contributed by atoms with van der Waals surface area (Å²) in [5, 5.41) is 21.2. The first kappa shape index (κ1) is 16.8. The topological polar surface area (TPSA) is 128 Å². The predicted molar refractivity (Wildman–Crippen MR) is 84.2 cm³/mol. The summed E-state index contributed by atoms with van der Waals surface area (Å²) < 4.78 is 0. The van der Waals surface area contributed by atoms with Gasteiger partial charge in [-0.25, -0.2) is 15.7 Å². The smallest absolute Gasteiger partial charge is 0.335 e. The molecule has 8 heteroatoms. The third kappa shape index (κ3) is 4.24. The second-order valence-electron chi connectivity index (χ2n) is 4.65. The van der Waals surface area contributed by atoms with Crippen LogP contribution in [0.15, 0.2) is 53.6 Å². The van der Waals surface area contributed by atoms with Gasteiger partial charge in [-0.1, -0.05) is 18.2 Å². The molecule has 2 aromatic rings. The molecule has 122 valence electrons. The number of carbonyl (C=O) groups excluding carboxylic acids is 2. The summed E-state index contributed by atoms with van der Waals surface area (Å²) >= 11 is 0. The van der Waals surface area contributed by atoms with Crippen LogP contribution in [0.5, 0.6) is 0 Å². The lowest BCUT2D eigenvalue weighted by molar-refractivity contribution is 0.0693. The molecule has 24 heavy (non-hydrogen) atoms. The van der Waals surface area contributed by atoms with Gasteiger partial charge in [0.1, 0.15) is 0 Å². The van der Waals surface area contributed by atoms with Crippen molar-refractivity contribution >= 4 is 24.0 Å². The Kier molecular flexibility index (Phi) is 5.37. The van der Waals surface area contributed by atoms with E-state index in [4.69, 9.17) is 10.3 Å². The average Bonchev–Trinajstić information content (AvgIpc) is 2.61. The van der Waals surface area contributed by atoms with Gasteiger partial charge in [-0.2, -0.15) is 5.10 Å². The first-order chi connectivity index (χ1) is 11.5. The molecule has 0 aliphatic rings. The number of hydroxylamine groups is 1. The van der Waals surface area contributed by atoms with Crippen LogP contribution < -0.4 is 10.9 Å². The molecule has 8 nitrogen and oxygen atoms in total. The number of nitrogens with zero attached hydrogens (tertiary/aromatic N) is 1. The Balaban J connectivity index is 2.06. The first-order valence-electron chi connectivity index (χ1n) is 6.72. The molecular weight excluding hydrogens is 314 g/mol. The van der Waals surface area contributed by atoms with Crippen molar-refractivity contribution in [1.82, 2.24) is 10.9 Å². The van der Waals surface area contributed by atoms with Gasteiger partial charge in [0.15, 0.2) is 0 Å². The molecule has 0 aliphatic carbocycles. The van der Waals surface area contributed by atoms with E-state index in [-0.39, 0.29) is 16.7 Å². The Morgan fingerprint density at radius 2 is 1.54 bits per heavy atom. The number of hydrogen-bond acceptors (Lipinski definition) is 5. The number of carboxylic acids is 1. The minimum Gasteiger partial charge on any atom is -0.478 e. The highest BCUT2D eigenvalue weighted by molar-refractivity contribution is 5.99. The lowest BCUT2D eigenvalue weighted by Gasteiger charge is -2.03.